The van der Waals surface area contributed by atoms with E-state index in [1.807, 2.05) is 13.8 Å². The molecule has 0 saturated carbocycles. The van der Waals surface area contributed by atoms with E-state index in [1.54, 1.807) is 29.7 Å². The molecule has 0 bridgehead atoms. The van der Waals surface area contributed by atoms with Crippen LogP contribution >= 0.6 is 23.4 Å². The van der Waals surface area contributed by atoms with Gasteiger partial charge in [-0.25, -0.2) is 9.37 Å². The fourth-order valence-electron chi connectivity index (χ4n) is 2.75. The molecule has 1 heterocycles. The van der Waals surface area contributed by atoms with Gasteiger partial charge in [-0.2, -0.15) is 0 Å². The van der Waals surface area contributed by atoms with Crippen LogP contribution in [0.15, 0.2) is 52.4 Å². The summed E-state index contributed by atoms with van der Waals surface area (Å²) < 4.78 is 14.7. The summed E-state index contributed by atoms with van der Waals surface area (Å²) >= 11 is 7.24. The van der Waals surface area contributed by atoms with Gasteiger partial charge in [0.1, 0.15) is 5.82 Å². The van der Waals surface area contributed by atoms with Crippen LogP contribution in [-0.2, 0) is 0 Å². The van der Waals surface area contributed by atoms with Crippen LogP contribution < -0.4 is 5.56 Å². The highest BCUT2D eigenvalue weighted by Crippen LogP contribution is 2.27. The summed E-state index contributed by atoms with van der Waals surface area (Å²) in [4.78, 5) is 30.1. The highest BCUT2D eigenvalue weighted by atomic mass is 35.5. The Labute approximate surface area is 165 Å². The Morgan fingerprint density at radius 3 is 2.44 bits per heavy atom. The van der Waals surface area contributed by atoms with Gasteiger partial charge in [0, 0.05) is 16.6 Å². The lowest BCUT2D eigenvalue weighted by Gasteiger charge is -2.18. The first-order valence-corrected chi connectivity index (χ1v) is 9.72. The van der Waals surface area contributed by atoms with Crippen molar-refractivity contribution in [2.24, 2.45) is 0 Å². The number of carbonyl (C=O) groups is 1. The maximum Gasteiger partial charge on any atom is 0.262 e. The molecule has 0 fully saturated rings. The maximum absolute atomic E-state index is 13.1. The second kappa shape index (κ2) is 7.82. The van der Waals surface area contributed by atoms with Crippen LogP contribution in [0, 0.1) is 5.82 Å². The number of ketones is 1. The number of halogens is 2. The topological polar surface area (TPSA) is 52.0 Å². The van der Waals surface area contributed by atoms with Gasteiger partial charge in [-0.1, -0.05) is 23.4 Å². The molecule has 1 atom stereocenters. The van der Waals surface area contributed by atoms with E-state index in [-0.39, 0.29) is 17.4 Å². The van der Waals surface area contributed by atoms with Gasteiger partial charge < -0.3 is 0 Å². The Morgan fingerprint density at radius 2 is 1.81 bits per heavy atom. The number of rotatable bonds is 5. The smallest absolute Gasteiger partial charge is 0.262 e. The molecule has 140 valence electrons. The van der Waals surface area contributed by atoms with Crippen LogP contribution in [0.2, 0.25) is 5.02 Å². The van der Waals surface area contributed by atoms with Gasteiger partial charge in [-0.15, -0.1) is 0 Å². The second-order valence-electron chi connectivity index (χ2n) is 6.46. The molecule has 3 rings (SSSR count). The van der Waals surface area contributed by atoms with Crippen LogP contribution in [0.4, 0.5) is 4.39 Å². The SMILES string of the molecule is CC(Sc1nc2cc(Cl)ccc2c(=O)n1C(C)C)C(=O)c1ccc(F)cc1. The van der Waals surface area contributed by atoms with Crippen LogP contribution in [0.1, 0.15) is 37.2 Å². The zero-order valence-corrected chi connectivity index (χ0v) is 16.6. The zero-order valence-electron chi connectivity index (χ0n) is 15.1. The molecule has 0 spiro atoms. The monoisotopic (exact) mass is 404 g/mol. The van der Waals surface area contributed by atoms with Gasteiger partial charge >= 0.3 is 0 Å². The van der Waals surface area contributed by atoms with Crippen LogP contribution in [0.5, 0.6) is 0 Å². The first kappa shape index (κ1) is 19.6. The second-order valence-corrected chi connectivity index (χ2v) is 8.20. The predicted molar refractivity (Wildman–Crippen MR) is 107 cm³/mol. The average molecular weight is 405 g/mol. The Bertz CT molecular complexity index is 1060. The van der Waals surface area contributed by atoms with E-state index >= 15 is 0 Å². The molecule has 0 amide bonds. The molecule has 0 aliphatic rings. The number of fused-ring (bicyclic) bond motifs is 1. The third-order valence-electron chi connectivity index (χ3n) is 4.13. The summed E-state index contributed by atoms with van der Waals surface area (Å²) in [5, 5.41) is 0.926. The van der Waals surface area contributed by atoms with Crippen LogP contribution in [-0.4, -0.2) is 20.6 Å². The Morgan fingerprint density at radius 1 is 1.15 bits per heavy atom. The fraction of sp³-hybridized carbons (Fsp3) is 0.250. The van der Waals surface area contributed by atoms with Crippen molar-refractivity contribution in [3.63, 3.8) is 0 Å². The number of hydrogen-bond acceptors (Lipinski definition) is 4. The molecular formula is C20H18ClFN2O2S. The molecule has 1 aromatic heterocycles. The molecule has 0 radical (unpaired) electrons. The van der Waals surface area contributed by atoms with Gasteiger partial charge in [0.2, 0.25) is 0 Å². The predicted octanol–water partition coefficient (Wildman–Crippen LogP) is 5.13. The molecule has 2 aromatic carbocycles. The largest absolute Gasteiger partial charge is 0.293 e. The van der Waals surface area contributed by atoms with Crippen molar-refractivity contribution in [3.8, 4) is 0 Å². The van der Waals surface area contributed by atoms with E-state index in [0.29, 0.717) is 26.6 Å². The normalized spacial score (nSPS) is 12.5. The van der Waals surface area contributed by atoms with Crippen molar-refractivity contribution in [2.75, 3.05) is 0 Å². The van der Waals surface area contributed by atoms with Crippen LogP contribution in [0.25, 0.3) is 10.9 Å². The Hall–Kier alpha value is -2.18. The van der Waals surface area contributed by atoms with Crippen molar-refractivity contribution in [1.82, 2.24) is 9.55 Å². The summed E-state index contributed by atoms with van der Waals surface area (Å²) in [5.74, 6) is -0.552. The molecule has 4 nitrogen and oxygen atoms in total. The third-order valence-corrected chi connectivity index (χ3v) is 5.43. The van der Waals surface area contributed by atoms with Crippen molar-refractivity contribution >= 4 is 40.0 Å². The maximum atomic E-state index is 13.1. The van der Waals surface area contributed by atoms with E-state index in [2.05, 4.69) is 4.98 Å². The quantitative estimate of drug-likeness (QED) is 0.336. The lowest BCUT2D eigenvalue weighted by Crippen LogP contribution is -2.26. The molecular weight excluding hydrogens is 387 g/mol. The van der Waals surface area contributed by atoms with Gasteiger partial charge in [0.15, 0.2) is 10.9 Å². The van der Waals surface area contributed by atoms with E-state index in [4.69, 9.17) is 11.6 Å². The standard InChI is InChI=1S/C20H18ClFN2O2S/c1-11(2)24-19(26)16-9-6-14(21)10-17(16)23-20(24)27-12(3)18(25)13-4-7-15(22)8-5-13/h4-12H,1-3H3. The number of carbonyl (C=O) groups excluding carboxylic acids is 1. The minimum atomic E-state index is -0.496. The number of benzene rings is 2. The first-order valence-electron chi connectivity index (χ1n) is 8.46. The van der Waals surface area contributed by atoms with Crippen molar-refractivity contribution < 1.29 is 9.18 Å². The number of nitrogens with zero attached hydrogens (tertiary/aromatic N) is 2. The average Bonchev–Trinajstić information content (AvgIpc) is 2.61. The Balaban J connectivity index is 2.02. The van der Waals surface area contributed by atoms with Crippen molar-refractivity contribution in [1.29, 1.82) is 0 Å². The molecule has 0 aliphatic heterocycles. The Kier molecular flexibility index (Phi) is 5.67. The molecule has 1 unspecified atom stereocenters. The number of thioether (sulfide) groups is 1. The number of Topliss-reactive ketones (excluding diaryl/α,β-unsaturated/α-hetero) is 1. The molecule has 0 aliphatic carbocycles. The molecule has 0 saturated heterocycles. The van der Waals surface area contributed by atoms with Gasteiger partial charge in [0.05, 0.1) is 16.2 Å². The van der Waals surface area contributed by atoms with E-state index in [9.17, 15) is 14.0 Å². The fourth-order valence-corrected chi connectivity index (χ4v) is 4.03. The molecule has 27 heavy (non-hydrogen) atoms. The highest BCUT2D eigenvalue weighted by Gasteiger charge is 2.21. The summed E-state index contributed by atoms with van der Waals surface area (Å²) in [7, 11) is 0. The molecule has 3 aromatic rings. The zero-order chi connectivity index (χ0) is 19.7. The van der Waals surface area contributed by atoms with Crippen molar-refractivity contribution in [2.45, 2.75) is 37.2 Å². The number of hydrogen-bond donors (Lipinski definition) is 0. The lowest BCUT2D eigenvalue weighted by molar-refractivity contribution is 0.0993. The third kappa shape index (κ3) is 4.06. The molecule has 7 heteroatoms. The first-order chi connectivity index (χ1) is 12.8. The van der Waals surface area contributed by atoms with Gasteiger partial charge in [0.25, 0.3) is 5.56 Å². The van der Waals surface area contributed by atoms with Crippen molar-refractivity contribution in [3.05, 3.63) is 69.2 Å². The minimum Gasteiger partial charge on any atom is -0.293 e. The van der Waals surface area contributed by atoms with E-state index < -0.39 is 11.1 Å². The summed E-state index contributed by atoms with van der Waals surface area (Å²) in [6, 6.07) is 10.3. The number of aromatic nitrogens is 2. The lowest BCUT2D eigenvalue weighted by atomic mass is 10.1. The summed E-state index contributed by atoms with van der Waals surface area (Å²) in [5.41, 5.74) is 0.739. The van der Waals surface area contributed by atoms with E-state index in [1.165, 1.54) is 36.0 Å². The molecule has 0 N–H and O–H groups in total. The highest BCUT2D eigenvalue weighted by molar-refractivity contribution is 8.00. The minimum absolute atomic E-state index is 0.124. The van der Waals surface area contributed by atoms with Gasteiger partial charge in [-0.3, -0.25) is 14.2 Å². The summed E-state index contributed by atoms with van der Waals surface area (Å²) in [6.45, 7) is 5.53. The van der Waals surface area contributed by atoms with Gasteiger partial charge in [-0.05, 0) is 63.2 Å². The van der Waals surface area contributed by atoms with E-state index in [0.717, 1.165) is 0 Å². The summed E-state index contributed by atoms with van der Waals surface area (Å²) in [6.07, 6.45) is 0. The van der Waals surface area contributed by atoms with Crippen LogP contribution in [0.3, 0.4) is 0 Å².